The zero-order valence-corrected chi connectivity index (χ0v) is 12.3. The highest BCUT2D eigenvalue weighted by Gasteiger charge is 2.30. The van der Waals surface area contributed by atoms with E-state index in [0.29, 0.717) is 30.4 Å². The van der Waals surface area contributed by atoms with Crippen LogP contribution in [-0.4, -0.2) is 32.2 Å². The lowest BCUT2D eigenvalue weighted by Crippen LogP contribution is -2.16. The van der Waals surface area contributed by atoms with Gasteiger partial charge in [-0.15, -0.1) is 0 Å². The van der Waals surface area contributed by atoms with Gasteiger partial charge < -0.3 is 19.5 Å². The molecule has 1 amide bonds. The van der Waals surface area contributed by atoms with Crippen molar-refractivity contribution in [3.8, 4) is 11.5 Å². The van der Waals surface area contributed by atoms with E-state index in [1.165, 1.54) is 7.11 Å². The van der Waals surface area contributed by atoms with E-state index in [1.54, 1.807) is 31.2 Å². The van der Waals surface area contributed by atoms with Crippen molar-refractivity contribution < 1.29 is 23.8 Å². The van der Waals surface area contributed by atoms with Crippen LogP contribution in [0.5, 0.6) is 11.5 Å². The largest absolute Gasteiger partial charge is 0.486 e. The Balaban J connectivity index is 2.00. The maximum Gasteiger partial charge on any atom is 0.340 e. The molecule has 0 bridgehead atoms. The molecule has 6 nitrogen and oxygen atoms in total. The van der Waals surface area contributed by atoms with Crippen molar-refractivity contribution in [3.63, 3.8) is 0 Å². The number of hydrogen-bond donors (Lipinski definition) is 1. The topological polar surface area (TPSA) is 73.9 Å². The summed E-state index contributed by atoms with van der Waals surface area (Å²) >= 11 is 0. The van der Waals surface area contributed by atoms with Crippen LogP contribution in [0, 0.1) is 0 Å². The molecule has 2 aliphatic heterocycles. The molecule has 0 spiro atoms. The number of allylic oxidation sites excluding steroid dienone is 1. The Labute approximate surface area is 127 Å². The smallest absolute Gasteiger partial charge is 0.340 e. The SMILES string of the molecule is COC(=O)C1=C(C)NC(=O)/C1=C\c1ccc2c(c1)OCCO2. The van der Waals surface area contributed by atoms with Crippen molar-refractivity contribution in [2.24, 2.45) is 0 Å². The van der Waals surface area contributed by atoms with Crippen molar-refractivity contribution >= 4 is 18.0 Å². The highest BCUT2D eigenvalue weighted by Crippen LogP contribution is 2.32. The van der Waals surface area contributed by atoms with E-state index >= 15 is 0 Å². The molecule has 0 radical (unpaired) electrons. The molecule has 1 aromatic carbocycles. The number of ether oxygens (including phenoxy) is 3. The van der Waals surface area contributed by atoms with Gasteiger partial charge in [-0.1, -0.05) is 6.07 Å². The number of fused-ring (bicyclic) bond motifs is 1. The lowest BCUT2D eigenvalue weighted by molar-refractivity contribution is -0.136. The van der Waals surface area contributed by atoms with Crippen LogP contribution in [0.2, 0.25) is 0 Å². The molecule has 0 saturated carbocycles. The third kappa shape index (κ3) is 2.43. The molecular formula is C16H15NO5. The molecule has 114 valence electrons. The monoisotopic (exact) mass is 301 g/mol. The molecule has 22 heavy (non-hydrogen) atoms. The number of methoxy groups -OCH3 is 1. The fraction of sp³-hybridized carbons (Fsp3) is 0.250. The molecule has 0 aliphatic carbocycles. The quantitative estimate of drug-likeness (QED) is 0.660. The van der Waals surface area contributed by atoms with Crippen molar-refractivity contribution in [1.29, 1.82) is 0 Å². The molecule has 3 rings (SSSR count). The van der Waals surface area contributed by atoms with Crippen LogP contribution < -0.4 is 14.8 Å². The Hall–Kier alpha value is -2.76. The number of amides is 1. The highest BCUT2D eigenvalue weighted by molar-refractivity contribution is 6.16. The third-order valence-electron chi connectivity index (χ3n) is 3.46. The van der Waals surface area contributed by atoms with E-state index in [4.69, 9.17) is 14.2 Å². The van der Waals surface area contributed by atoms with Gasteiger partial charge in [0.2, 0.25) is 0 Å². The Bertz CT molecular complexity index is 717. The van der Waals surface area contributed by atoms with Crippen LogP contribution in [0.1, 0.15) is 12.5 Å². The molecular weight excluding hydrogens is 286 g/mol. The van der Waals surface area contributed by atoms with E-state index in [0.717, 1.165) is 5.56 Å². The fourth-order valence-corrected chi connectivity index (χ4v) is 2.43. The standard InChI is InChI=1S/C16H15NO5/c1-9-14(16(19)20-2)11(15(18)17-9)7-10-3-4-12-13(8-10)22-6-5-21-12/h3-4,7-8H,5-6H2,1-2H3,(H,17,18)/b11-7-. The van der Waals surface area contributed by atoms with Crippen LogP contribution in [-0.2, 0) is 14.3 Å². The summed E-state index contributed by atoms with van der Waals surface area (Å²) in [5.74, 6) is 0.427. The van der Waals surface area contributed by atoms with Gasteiger partial charge in [0.05, 0.1) is 18.3 Å². The molecule has 0 fully saturated rings. The maximum absolute atomic E-state index is 12.0. The van der Waals surface area contributed by atoms with E-state index in [-0.39, 0.29) is 17.1 Å². The van der Waals surface area contributed by atoms with Gasteiger partial charge in [-0.3, -0.25) is 4.79 Å². The average Bonchev–Trinajstić information content (AvgIpc) is 2.80. The first-order chi connectivity index (χ1) is 10.6. The van der Waals surface area contributed by atoms with Crippen molar-refractivity contribution in [1.82, 2.24) is 5.32 Å². The lowest BCUT2D eigenvalue weighted by atomic mass is 10.0. The van der Waals surface area contributed by atoms with E-state index < -0.39 is 5.97 Å². The molecule has 0 unspecified atom stereocenters. The number of benzene rings is 1. The summed E-state index contributed by atoms with van der Waals surface area (Å²) in [5.41, 5.74) is 1.76. The molecule has 2 aliphatic rings. The van der Waals surface area contributed by atoms with Gasteiger partial charge in [-0.2, -0.15) is 0 Å². The van der Waals surface area contributed by atoms with Crippen LogP contribution in [0.15, 0.2) is 35.0 Å². The molecule has 6 heteroatoms. The Kier molecular flexibility index (Phi) is 3.58. The van der Waals surface area contributed by atoms with Gasteiger partial charge in [0.1, 0.15) is 13.2 Å². The first kappa shape index (κ1) is 14.2. The number of rotatable bonds is 2. The first-order valence-corrected chi connectivity index (χ1v) is 6.82. The lowest BCUT2D eigenvalue weighted by Gasteiger charge is -2.18. The average molecular weight is 301 g/mol. The summed E-state index contributed by atoms with van der Waals surface area (Å²) in [6.07, 6.45) is 1.64. The van der Waals surface area contributed by atoms with Crippen LogP contribution >= 0.6 is 0 Å². The predicted molar refractivity (Wildman–Crippen MR) is 78.3 cm³/mol. The Morgan fingerprint density at radius 1 is 1.27 bits per heavy atom. The minimum Gasteiger partial charge on any atom is -0.486 e. The second kappa shape index (κ2) is 5.55. The Morgan fingerprint density at radius 2 is 2.00 bits per heavy atom. The molecule has 1 N–H and O–H groups in total. The molecule has 0 saturated heterocycles. The highest BCUT2D eigenvalue weighted by atomic mass is 16.6. The maximum atomic E-state index is 12.0. The number of nitrogens with one attached hydrogen (secondary N) is 1. The molecule has 2 heterocycles. The van der Waals surface area contributed by atoms with Crippen LogP contribution in [0.25, 0.3) is 6.08 Å². The third-order valence-corrected chi connectivity index (χ3v) is 3.46. The summed E-state index contributed by atoms with van der Waals surface area (Å²) in [4.78, 5) is 23.9. The van der Waals surface area contributed by atoms with E-state index in [1.807, 2.05) is 0 Å². The second-order valence-corrected chi connectivity index (χ2v) is 4.91. The summed E-state index contributed by atoms with van der Waals surface area (Å²) < 4.78 is 15.7. The number of esters is 1. The van der Waals surface area contributed by atoms with Gasteiger partial charge in [-0.25, -0.2) is 4.79 Å². The zero-order chi connectivity index (χ0) is 15.7. The number of hydrogen-bond acceptors (Lipinski definition) is 5. The zero-order valence-electron chi connectivity index (χ0n) is 12.3. The summed E-state index contributed by atoms with van der Waals surface area (Å²) in [5, 5.41) is 2.63. The Morgan fingerprint density at radius 3 is 2.73 bits per heavy atom. The molecule has 0 aromatic heterocycles. The van der Waals surface area contributed by atoms with Gasteiger partial charge in [-0.05, 0) is 30.7 Å². The van der Waals surface area contributed by atoms with Crippen molar-refractivity contribution in [3.05, 3.63) is 40.6 Å². The van der Waals surface area contributed by atoms with Crippen molar-refractivity contribution in [2.45, 2.75) is 6.92 Å². The first-order valence-electron chi connectivity index (χ1n) is 6.82. The molecule has 1 aromatic rings. The van der Waals surface area contributed by atoms with Gasteiger partial charge in [0.15, 0.2) is 11.5 Å². The minimum atomic E-state index is -0.542. The summed E-state index contributed by atoms with van der Waals surface area (Å²) in [7, 11) is 1.28. The van der Waals surface area contributed by atoms with Crippen molar-refractivity contribution in [2.75, 3.05) is 20.3 Å². The summed E-state index contributed by atoms with van der Waals surface area (Å²) in [6.45, 7) is 2.67. The van der Waals surface area contributed by atoms with E-state index in [9.17, 15) is 9.59 Å². The van der Waals surface area contributed by atoms with Gasteiger partial charge in [0, 0.05) is 5.70 Å². The number of carbonyl (C=O) groups is 2. The van der Waals surface area contributed by atoms with E-state index in [2.05, 4.69) is 5.32 Å². The predicted octanol–water partition coefficient (Wildman–Crippen LogP) is 1.42. The van der Waals surface area contributed by atoms with Gasteiger partial charge in [0.25, 0.3) is 5.91 Å². The minimum absolute atomic E-state index is 0.252. The fourth-order valence-electron chi connectivity index (χ4n) is 2.43. The normalized spacial score (nSPS) is 18.5. The van der Waals surface area contributed by atoms with Crippen LogP contribution in [0.4, 0.5) is 0 Å². The van der Waals surface area contributed by atoms with Crippen LogP contribution in [0.3, 0.4) is 0 Å². The second-order valence-electron chi connectivity index (χ2n) is 4.91. The van der Waals surface area contributed by atoms with Gasteiger partial charge >= 0.3 is 5.97 Å². The summed E-state index contributed by atoms with van der Waals surface area (Å²) in [6, 6.07) is 5.36. The molecule has 0 atom stereocenters. The number of carbonyl (C=O) groups excluding carboxylic acids is 2.